The molecule has 0 fully saturated rings. The first-order chi connectivity index (χ1) is 14.4. The number of hydrogen-bond acceptors (Lipinski definition) is 6. The van der Waals surface area contributed by atoms with E-state index in [4.69, 9.17) is 18.9 Å². The van der Waals surface area contributed by atoms with Crippen LogP contribution >= 0.6 is 0 Å². The first kappa shape index (κ1) is 22.2. The molecular formula is C24H33NO5. The van der Waals surface area contributed by atoms with Crippen molar-refractivity contribution in [2.45, 2.75) is 38.5 Å². The second kappa shape index (κ2) is 9.14. The number of ether oxygens (including phenoxy) is 4. The van der Waals surface area contributed by atoms with Gasteiger partial charge in [-0.05, 0) is 48.7 Å². The van der Waals surface area contributed by atoms with Crippen LogP contribution in [0.1, 0.15) is 42.7 Å². The molecule has 0 unspecified atom stereocenters. The maximum absolute atomic E-state index is 11.3. The van der Waals surface area contributed by atoms with Gasteiger partial charge in [0.15, 0.2) is 23.0 Å². The van der Waals surface area contributed by atoms with E-state index < -0.39 is 6.10 Å². The Morgan fingerprint density at radius 2 is 1.53 bits per heavy atom. The second-order valence-electron chi connectivity index (χ2n) is 8.06. The molecule has 0 spiro atoms. The molecule has 3 rings (SSSR count). The van der Waals surface area contributed by atoms with Gasteiger partial charge in [0.2, 0.25) is 0 Å². The number of fused-ring (bicyclic) bond motifs is 1. The van der Waals surface area contributed by atoms with Crippen molar-refractivity contribution in [2.75, 3.05) is 35.5 Å². The fourth-order valence-corrected chi connectivity index (χ4v) is 4.70. The summed E-state index contributed by atoms with van der Waals surface area (Å²) < 4.78 is 22.1. The van der Waals surface area contributed by atoms with Crippen molar-refractivity contribution in [3.8, 4) is 23.0 Å². The van der Waals surface area contributed by atoms with E-state index in [9.17, 15) is 5.11 Å². The van der Waals surface area contributed by atoms with Gasteiger partial charge in [0, 0.05) is 17.6 Å². The molecule has 1 aliphatic rings. The van der Waals surface area contributed by atoms with Gasteiger partial charge < -0.3 is 24.1 Å². The van der Waals surface area contributed by atoms with Crippen LogP contribution in [0.25, 0.3) is 0 Å². The third kappa shape index (κ3) is 3.82. The Morgan fingerprint density at radius 3 is 2.10 bits per heavy atom. The van der Waals surface area contributed by atoms with Gasteiger partial charge in [0.25, 0.3) is 0 Å². The normalized spacial score (nSPS) is 21.3. The fourth-order valence-electron chi connectivity index (χ4n) is 4.70. The molecule has 2 aromatic rings. The molecule has 0 aromatic heterocycles. The largest absolute Gasteiger partial charge is 0.493 e. The molecule has 6 nitrogen and oxygen atoms in total. The monoisotopic (exact) mass is 415 g/mol. The minimum absolute atomic E-state index is 0.0522. The van der Waals surface area contributed by atoms with Crippen molar-refractivity contribution in [1.29, 1.82) is 0 Å². The van der Waals surface area contributed by atoms with Gasteiger partial charge in [-0.15, -0.1) is 0 Å². The third-order valence-corrected chi connectivity index (χ3v) is 6.12. The van der Waals surface area contributed by atoms with E-state index in [-0.39, 0.29) is 18.0 Å². The molecule has 0 saturated heterocycles. The Kier molecular flexibility index (Phi) is 6.78. The van der Waals surface area contributed by atoms with E-state index in [1.807, 2.05) is 24.3 Å². The zero-order valence-corrected chi connectivity index (χ0v) is 18.9. The Labute approximate surface area is 179 Å². The van der Waals surface area contributed by atoms with Crippen LogP contribution in [0.3, 0.4) is 0 Å². The van der Waals surface area contributed by atoms with E-state index in [0.29, 0.717) is 23.0 Å². The molecular weight excluding hydrogens is 382 g/mol. The molecule has 0 radical (unpaired) electrons. The number of rotatable bonds is 7. The number of benzene rings is 2. The molecule has 0 bridgehead atoms. The van der Waals surface area contributed by atoms with E-state index in [0.717, 1.165) is 23.1 Å². The number of methoxy groups -OCH3 is 4. The smallest absolute Gasteiger partial charge is 0.166 e. The van der Waals surface area contributed by atoms with Crippen molar-refractivity contribution in [3.63, 3.8) is 0 Å². The van der Waals surface area contributed by atoms with Crippen molar-refractivity contribution in [1.82, 2.24) is 4.90 Å². The number of nitrogens with zero attached hydrogens (tertiary/aromatic N) is 1. The van der Waals surface area contributed by atoms with Crippen LogP contribution < -0.4 is 18.9 Å². The molecule has 1 N–H and O–H groups in total. The van der Waals surface area contributed by atoms with Gasteiger partial charge in [0.05, 0.1) is 34.5 Å². The van der Waals surface area contributed by atoms with E-state index in [1.54, 1.807) is 28.4 Å². The highest BCUT2D eigenvalue weighted by molar-refractivity contribution is 5.55. The van der Waals surface area contributed by atoms with Crippen molar-refractivity contribution in [3.05, 3.63) is 47.0 Å². The maximum Gasteiger partial charge on any atom is 0.166 e. The van der Waals surface area contributed by atoms with Gasteiger partial charge in [-0.2, -0.15) is 0 Å². The Bertz CT molecular complexity index is 882. The highest BCUT2D eigenvalue weighted by Crippen LogP contribution is 2.49. The average Bonchev–Trinajstić information content (AvgIpc) is 2.75. The second-order valence-corrected chi connectivity index (χ2v) is 8.06. The first-order valence-corrected chi connectivity index (χ1v) is 10.2. The fraction of sp³-hybridized carbons (Fsp3) is 0.500. The lowest BCUT2D eigenvalue weighted by molar-refractivity contribution is -0.00492. The van der Waals surface area contributed by atoms with Gasteiger partial charge in [-0.3, -0.25) is 4.90 Å². The first-order valence-electron chi connectivity index (χ1n) is 10.2. The minimum atomic E-state index is -0.670. The summed E-state index contributed by atoms with van der Waals surface area (Å²) in [5.41, 5.74) is 3.00. The van der Waals surface area contributed by atoms with Gasteiger partial charge >= 0.3 is 0 Å². The molecule has 0 saturated carbocycles. The zero-order valence-electron chi connectivity index (χ0n) is 18.9. The number of hydrogen-bond donors (Lipinski definition) is 1. The topological polar surface area (TPSA) is 60.4 Å². The van der Waals surface area contributed by atoms with Crippen LogP contribution in [0.5, 0.6) is 23.0 Å². The Hall–Kier alpha value is -2.44. The average molecular weight is 416 g/mol. The lowest BCUT2D eigenvalue weighted by Gasteiger charge is -2.46. The quantitative estimate of drug-likeness (QED) is 0.737. The Morgan fingerprint density at radius 1 is 0.900 bits per heavy atom. The minimum Gasteiger partial charge on any atom is -0.493 e. The van der Waals surface area contributed by atoms with Gasteiger partial charge in [-0.25, -0.2) is 0 Å². The number of likely N-dealkylation sites (N-methyl/N-ethyl adjacent to an activating group) is 1. The summed E-state index contributed by atoms with van der Waals surface area (Å²) in [6.07, 6.45) is 0.0895. The molecule has 30 heavy (non-hydrogen) atoms. The van der Waals surface area contributed by atoms with E-state index in [1.165, 1.54) is 0 Å². The van der Waals surface area contributed by atoms with E-state index in [2.05, 4.69) is 31.9 Å². The SMILES string of the molecule is COc1ccc(C[C@H]2c3ccc(OC)c(OC)c3[C@H](O)[C@H](C(C)C)N2C)cc1OC. The molecule has 1 heterocycles. The summed E-state index contributed by atoms with van der Waals surface area (Å²) in [6.45, 7) is 4.27. The molecule has 6 heteroatoms. The number of aliphatic hydroxyl groups is 1. The molecule has 3 atom stereocenters. The molecule has 0 aliphatic carbocycles. The van der Waals surface area contributed by atoms with E-state index >= 15 is 0 Å². The molecule has 0 amide bonds. The van der Waals surface area contributed by atoms with Crippen LogP contribution in [0, 0.1) is 5.92 Å². The summed E-state index contributed by atoms with van der Waals surface area (Å²) in [5, 5.41) is 11.3. The van der Waals surface area contributed by atoms with Crippen LogP contribution in [0.15, 0.2) is 30.3 Å². The van der Waals surface area contributed by atoms with Crippen molar-refractivity contribution < 1.29 is 24.1 Å². The summed E-state index contributed by atoms with van der Waals surface area (Å²) in [4.78, 5) is 2.28. The van der Waals surface area contributed by atoms with Crippen LogP contribution in [-0.4, -0.2) is 51.5 Å². The van der Waals surface area contributed by atoms with Crippen molar-refractivity contribution in [2.24, 2.45) is 5.92 Å². The predicted molar refractivity (Wildman–Crippen MR) is 117 cm³/mol. The van der Waals surface area contributed by atoms with Crippen LogP contribution in [0.2, 0.25) is 0 Å². The standard InChI is InChI=1S/C24H33NO5/c1-14(2)22-23(26)21-16(9-11-19(28-5)24(21)30-7)17(25(22)3)12-15-8-10-18(27-4)20(13-15)29-6/h8-11,13-14,17,22-23,26H,12H2,1-7H3/t17-,22-,23-/m0/s1. The number of aliphatic hydroxyl groups excluding tert-OH is 1. The molecule has 164 valence electrons. The predicted octanol–water partition coefficient (Wildman–Crippen LogP) is 4.01. The summed E-state index contributed by atoms with van der Waals surface area (Å²) in [7, 11) is 8.60. The summed E-state index contributed by atoms with van der Waals surface area (Å²) in [5.74, 6) is 2.91. The van der Waals surface area contributed by atoms with Gasteiger partial charge in [0.1, 0.15) is 0 Å². The molecule has 2 aromatic carbocycles. The van der Waals surface area contributed by atoms with Crippen molar-refractivity contribution >= 4 is 0 Å². The summed E-state index contributed by atoms with van der Waals surface area (Å²) in [6, 6.07) is 9.97. The Balaban J connectivity index is 2.11. The third-order valence-electron chi connectivity index (χ3n) is 6.12. The van der Waals surface area contributed by atoms with Gasteiger partial charge in [-0.1, -0.05) is 26.0 Å². The molecule has 1 aliphatic heterocycles. The highest BCUT2D eigenvalue weighted by atomic mass is 16.5. The van der Waals surface area contributed by atoms with Crippen LogP contribution in [-0.2, 0) is 6.42 Å². The highest BCUT2D eigenvalue weighted by Gasteiger charge is 2.42. The zero-order chi connectivity index (χ0) is 22.0. The van der Waals surface area contributed by atoms with Crippen LogP contribution in [0.4, 0.5) is 0 Å². The summed E-state index contributed by atoms with van der Waals surface area (Å²) >= 11 is 0. The lowest BCUT2D eigenvalue weighted by atomic mass is 9.79. The maximum atomic E-state index is 11.3. The lowest BCUT2D eigenvalue weighted by Crippen LogP contribution is -2.47.